The van der Waals surface area contributed by atoms with Crippen molar-refractivity contribution in [2.45, 2.75) is 6.54 Å². The molecule has 0 aliphatic carbocycles. The third-order valence-electron chi connectivity index (χ3n) is 1.33. The molecule has 6 nitrogen and oxygen atoms in total. The van der Waals surface area contributed by atoms with Crippen LogP contribution in [0.5, 0.6) is 0 Å². The molecule has 0 spiro atoms. The van der Waals surface area contributed by atoms with Crippen LogP contribution in [0, 0.1) is 0 Å². The van der Waals surface area contributed by atoms with Crippen LogP contribution in [0.3, 0.4) is 0 Å². The predicted molar refractivity (Wildman–Crippen MR) is 48.5 cm³/mol. The van der Waals surface area contributed by atoms with Crippen molar-refractivity contribution in [1.29, 1.82) is 0 Å². The quantitative estimate of drug-likeness (QED) is 0.398. The Morgan fingerprint density at radius 2 is 2.46 bits per heavy atom. The molecule has 0 aliphatic heterocycles. The van der Waals surface area contributed by atoms with Crippen LogP contribution >= 0.6 is 15.9 Å². The van der Waals surface area contributed by atoms with Gasteiger partial charge in [0.05, 0.1) is 6.33 Å². The Bertz CT molecular complexity index is 375. The van der Waals surface area contributed by atoms with Gasteiger partial charge in [-0.3, -0.25) is 19.6 Å². The van der Waals surface area contributed by atoms with Crippen LogP contribution in [0.15, 0.2) is 21.8 Å². The van der Waals surface area contributed by atoms with E-state index in [2.05, 4.69) is 20.9 Å². The molecule has 0 fully saturated rings. The molecule has 1 heterocycles. The minimum atomic E-state index is -0.456. The maximum absolute atomic E-state index is 11.3. The summed E-state index contributed by atoms with van der Waals surface area (Å²) < 4.78 is 1.45. The number of hydrogen-bond acceptors (Lipinski definition) is 4. The van der Waals surface area contributed by atoms with Crippen molar-refractivity contribution in [2.24, 2.45) is 5.84 Å². The summed E-state index contributed by atoms with van der Waals surface area (Å²) in [6.07, 6.45) is 2.63. The van der Waals surface area contributed by atoms with Gasteiger partial charge in [-0.2, -0.15) is 0 Å². The second kappa shape index (κ2) is 4.15. The van der Waals surface area contributed by atoms with Crippen LogP contribution in [0.2, 0.25) is 0 Å². The smallest absolute Gasteiger partial charge is 0.268 e. The minimum Gasteiger partial charge on any atom is -0.293 e. The van der Waals surface area contributed by atoms with Gasteiger partial charge in [-0.05, 0) is 15.9 Å². The van der Waals surface area contributed by atoms with Crippen LogP contribution in [0.25, 0.3) is 0 Å². The molecule has 7 heteroatoms. The molecule has 0 atom stereocenters. The molecular weight excluding hydrogens is 240 g/mol. The monoisotopic (exact) mass is 246 g/mol. The van der Waals surface area contributed by atoms with E-state index in [1.54, 1.807) is 0 Å². The Kier molecular flexibility index (Phi) is 3.15. The summed E-state index contributed by atoms with van der Waals surface area (Å²) in [4.78, 5) is 25.8. The Morgan fingerprint density at radius 1 is 1.77 bits per heavy atom. The van der Waals surface area contributed by atoms with Gasteiger partial charge in [-0.1, -0.05) is 0 Å². The normalized spacial score (nSPS) is 9.69. The number of nitrogens with one attached hydrogen (secondary N) is 1. The molecule has 0 saturated carbocycles. The lowest BCUT2D eigenvalue weighted by molar-refractivity contribution is -0.121. The zero-order chi connectivity index (χ0) is 9.84. The molecule has 1 rings (SSSR count). The topological polar surface area (TPSA) is 90.0 Å². The van der Waals surface area contributed by atoms with Crippen molar-refractivity contribution in [3.8, 4) is 0 Å². The van der Waals surface area contributed by atoms with Crippen molar-refractivity contribution in [1.82, 2.24) is 15.0 Å². The molecule has 0 bridgehead atoms. The van der Waals surface area contributed by atoms with E-state index < -0.39 is 5.91 Å². The fraction of sp³-hybridized carbons (Fsp3) is 0.167. The fourth-order valence-electron chi connectivity index (χ4n) is 0.737. The molecule has 0 unspecified atom stereocenters. The van der Waals surface area contributed by atoms with Crippen LogP contribution in [-0.2, 0) is 11.3 Å². The highest BCUT2D eigenvalue weighted by Crippen LogP contribution is 1.97. The second-order valence-electron chi connectivity index (χ2n) is 2.24. The van der Waals surface area contributed by atoms with E-state index in [9.17, 15) is 9.59 Å². The molecule has 13 heavy (non-hydrogen) atoms. The lowest BCUT2D eigenvalue weighted by Gasteiger charge is -2.02. The van der Waals surface area contributed by atoms with Gasteiger partial charge in [0.2, 0.25) is 0 Å². The first-order chi connectivity index (χ1) is 6.15. The molecule has 0 saturated heterocycles. The third-order valence-corrected chi connectivity index (χ3v) is 1.88. The number of halogens is 1. The van der Waals surface area contributed by atoms with E-state index in [4.69, 9.17) is 5.84 Å². The van der Waals surface area contributed by atoms with Crippen molar-refractivity contribution < 1.29 is 4.79 Å². The Hall–Kier alpha value is -1.21. The summed E-state index contributed by atoms with van der Waals surface area (Å²) in [5, 5.41) is 0. The Morgan fingerprint density at radius 3 is 3.08 bits per heavy atom. The maximum Gasteiger partial charge on any atom is 0.268 e. The van der Waals surface area contributed by atoms with Gasteiger partial charge in [0.1, 0.15) is 11.0 Å². The molecular formula is C6H7BrN4O2. The van der Waals surface area contributed by atoms with Crippen molar-refractivity contribution in [3.63, 3.8) is 0 Å². The van der Waals surface area contributed by atoms with E-state index in [1.807, 2.05) is 5.43 Å². The highest BCUT2D eigenvalue weighted by Gasteiger charge is 2.04. The van der Waals surface area contributed by atoms with Gasteiger partial charge in [0.25, 0.3) is 11.5 Å². The zero-order valence-corrected chi connectivity index (χ0v) is 8.11. The van der Waals surface area contributed by atoms with Gasteiger partial charge in [0.15, 0.2) is 0 Å². The summed E-state index contributed by atoms with van der Waals surface area (Å²) in [6.45, 7) is -0.137. The zero-order valence-electron chi connectivity index (χ0n) is 6.53. The SMILES string of the molecule is NNC(=O)Cn1cncc(Br)c1=O. The number of rotatable bonds is 2. The largest absolute Gasteiger partial charge is 0.293 e. The maximum atomic E-state index is 11.3. The number of hydrazine groups is 1. The lowest BCUT2D eigenvalue weighted by atomic mass is 10.5. The van der Waals surface area contributed by atoms with Gasteiger partial charge < -0.3 is 0 Å². The first-order valence-electron chi connectivity index (χ1n) is 3.34. The highest BCUT2D eigenvalue weighted by atomic mass is 79.9. The molecule has 3 N–H and O–H groups in total. The van der Waals surface area contributed by atoms with E-state index in [0.717, 1.165) is 4.57 Å². The molecule has 1 aromatic rings. The van der Waals surface area contributed by atoms with E-state index >= 15 is 0 Å². The molecule has 1 aromatic heterocycles. The van der Waals surface area contributed by atoms with Gasteiger partial charge >= 0.3 is 0 Å². The van der Waals surface area contributed by atoms with Crippen LogP contribution in [-0.4, -0.2) is 15.5 Å². The van der Waals surface area contributed by atoms with E-state index in [-0.39, 0.29) is 12.1 Å². The summed E-state index contributed by atoms with van der Waals surface area (Å²) in [6, 6.07) is 0. The molecule has 0 aliphatic rings. The summed E-state index contributed by atoms with van der Waals surface area (Å²) in [5.41, 5.74) is 1.60. The summed E-state index contributed by atoms with van der Waals surface area (Å²) in [5.74, 6) is 4.40. The first kappa shape index (κ1) is 9.87. The van der Waals surface area contributed by atoms with Crippen LogP contribution in [0.4, 0.5) is 0 Å². The number of nitrogens with zero attached hydrogens (tertiary/aromatic N) is 2. The highest BCUT2D eigenvalue weighted by molar-refractivity contribution is 9.10. The van der Waals surface area contributed by atoms with Gasteiger partial charge in [-0.25, -0.2) is 10.8 Å². The number of amides is 1. The number of aromatic nitrogens is 2. The molecule has 70 valence electrons. The van der Waals surface area contributed by atoms with Gasteiger partial charge in [-0.15, -0.1) is 0 Å². The Labute approximate surface area is 81.9 Å². The molecule has 1 amide bonds. The number of carbonyl (C=O) groups excluding carboxylic acids is 1. The number of hydrogen-bond donors (Lipinski definition) is 2. The standard InChI is InChI=1S/C6H7BrN4O2/c7-4-1-9-3-11(6(4)13)2-5(12)10-8/h1,3H,2,8H2,(H,10,12). The fourth-order valence-corrected chi connectivity index (χ4v) is 1.08. The number of nitrogens with two attached hydrogens (primary N) is 1. The summed E-state index contributed by atoms with van der Waals surface area (Å²) in [7, 11) is 0. The number of carbonyl (C=O) groups is 1. The van der Waals surface area contributed by atoms with Crippen LogP contribution < -0.4 is 16.8 Å². The van der Waals surface area contributed by atoms with Crippen molar-refractivity contribution in [2.75, 3.05) is 0 Å². The van der Waals surface area contributed by atoms with Gasteiger partial charge in [0, 0.05) is 6.20 Å². The average Bonchev–Trinajstić information content (AvgIpc) is 2.13. The van der Waals surface area contributed by atoms with Crippen LogP contribution in [0.1, 0.15) is 0 Å². The van der Waals surface area contributed by atoms with Crippen molar-refractivity contribution >= 4 is 21.8 Å². The van der Waals surface area contributed by atoms with E-state index in [0.29, 0.717) is 4.47 Å². The lowest BCUT2D eigenvalue weighted by Crippen LogP contribution is -2.36. The first-order valence-corrected chi connectivity index (χ1v) is 4.14. The molecule has 0 aromatic carbocycles. The van der Waals surface area contributed by atoms with Crippen molar-refractivity contribution in [3.05, 3.63) is 27.4 Å². The average molecular weight is 247 g/mol. The van der Waals surface area contributed by atoms with E-state index in [1.165, 1.54) is 12.5 Å². The second-order valence-corrected chi connectivity index (χ2v) is 3.10. The summed E-state index contributed by atoms with van der Waals surface area (Å²) >= 11 is 3.00. The minimum absolute atomic E-state index is 0.137. The third kappa shape index (κ3) is 2.36. The predicted octanol–water partition coefficient (Wildman–Crippen LogP) is -1.00. The Balaban J connectivity index is 2.96. The molecule has 0 radical (unpaired) electrons.